The Morgan fingerprint density at radius 2 is 1.44 bits per heavy atom. The molecule has 0 heterocycles. The summed E-state index contributed by atoms with van der Waals surface area (Å²) in [6, 6.07) is 2.34. The summed E-state index contributed by atoms with van der Waals surface area (Å²) < 4.78 is 71.3. The van der Waals surface area contributed by atoms with E-state index in [1.54, 1.807) is 0 Å². The van der Waals surface area contributed by atoms with Gasteiger partial charge in [-0.1, -0.05) is 31.4 Å². The van der Waals surface area contributed by atoms with E-state index in [2.05, 4.69) is 6.92 Å². The maximum absolute atomic E-state index is 14.7. The minimum Gasteiger partial charge on any atom is -0.207 e. The van der Waals surface area contributed by atoms with E-state index in [-0.39, 0.29) is 17.0 Å². The molecule has 0 saturated heterocycles. The van der Waals surface area contributed by atoms with E-state index in [1.807, 2.05) is 0 Å². The number of hydrogen-bond donors (Lipinski definition) is 0. The molecule has 1 fully saturated rings. The van der Waals surface area contributed by atoms with Gasteiger partial charge in [-0.25, -0.2) is 22.0 Å². The van der Waals surface area contributed by atoms with Crippen LogP contribution in [-0.2, 0) is 0 Å². The van der Waals surface area contributed by atoms with Gasteiger partial charge in [0.15, 0.2) is 11.6 Å². The van der Waals surface area contributed by atoms with Crippen molar-refractivity contribution in [2.24, 2.45) is 5.92 Å². The molecule has 2 aromatic carbocycles. The Balaban J connectivity index is 1.96. The molecule has 0 bridgehead atoms. The first-order chi connectivity index (χ1) is 12.8. The van der Waals surface area contributed by atoms with Crippen LogP contribution in [0.5, 0.6) is 0 Å². The van der Waals surface area contributed by atoms with E-state index in [0.29, 0.717) is 18.8 Å². The Morgan fingerprint density at radius 1 is 0.852 bits per heavy atom. The molecule has 1 saturated carbocycles. The van der Waals surface area contributed by atoms with Crippen LogP contribution in [0, 0.1) is 35.0 Å². The lowest BCUT2D eigenvalue weighted by Gasteiger charge is -2.29. The Hall–Kier alpha value is -1.62. The molecule has 0 amide bonds. The third-order valence-corrected chi connectivity index (χ3v) is 5.80. The van der Waals surface area contributed by atoms with E-state index >= 15 is 0 Å². The van der Waals surface area contributed by atoms with Gasteiger partial charge in [-0.05, 0) is 61.3 Å². The van der Waals surface area contributed by atoms with Crippen molar-refractivity contribution in [3.8, 4) is 11.1 Å². The standard InChI is InChI=1S/C21H20ClF5/c1-2-3-11-4-6-12(7-5-11)18-15(23)10-14(20(26)21(18)27)13-8-16(24)19(22)17(25)9-13/h8-12H,2-7H2,1H3. The van der Waals surface area contributed by atoms with E-state index in [4.69, 9.17) is 11.6 Å². The zero-order valence-corrected chi connectivity index (χ0v) is 15.7. The molecule has 27 heavy (non-hydrogen) atoms. The lowest BCUT2D eigenvalue weighted by Crippen LogP contribution is -2.16. The highest BCUT2D eigenvalue weighted by Crippen LogP contribution is 2.41. The molecule has 0 radical (unpaired) electrons. The summed E-state index contributed by atoms with van der Waals surface area (Å²) in [6.07, 6.45) is 5.06. The van der Waals surface area contributed by atoms with Gasteiger partial charge < -0.3 is 0 Å². The van der Waals surface area contributed by atoms with Gasteiger partial charge in [0.2, 0.25) is 0 Å². The van der Waals surface area contributed by atoms with Gasteiger partial charge in [-0.2, -0.15) is 0 Å². The normalized spacial score (nSPS) is 20.1. The number of hydrogen-bond acceptors (Lipinski definition) is 0. The van der Waals surface area contributed by atoms with Gasteiger partial charge in [0.1, 0.15) is 22.5 Å². The highest BCUT2D eigenvalue weighted by molar-refractivity contribution is 6.31. The smallest absolute Gasteiger partial charge is 0.167 e. The second-order valence-corrected chi connectivity index (χ2v) is 7.59. The van der Waals surface area contributed by atoms with Crippen LogP contribution in [0.4, 0.5) is 22.0 Å². The molecule has 0 N–H and O–H groups in total. The molecule has 1 aliphatic rings. The van der Waals surface area contributed by atoms with Crippen molar-refractivity contribution in [2.75, 3.05) is 0 Å². The first-order valence-corrected chi connectivity index (χ1v) is 9.53. The summed E-state index contributed by atoms with van der Waals surface area (Å²) in [5, 5.41) is -0.749. The highest BCUT2D eigenvalue weighted by atomic mass is 35.5. The fourth-order valence-electron chi connectivity index (χ4n) is 4.05. The second kappa shape index (κ2) is 8.17. The monoisotopic (exact) mass is 402 g/mol. The molecule has 2 aromatic rings. The largest absolute Gasteiger partial charge is 0.207 e. The maximum atomic E-state index is 14.7. The summed E-state index contributed by atoms with van der Waals surface area (Å²) in [7, 11) is 0. The Bertz CT molecular complexity index is 818. The number of halogens is 6. The zero-order chi connectivity index (χ0) is 19.7. The van der Waals surface area contributed by atoms with E-state index < -0.39 is 39.7 Å². The van der Waals surface area contributed by atoms with Crippen molar-refractivity contribution < 1.29 is 22.0 Å². The average molecular weight is 403 g/mol. The third-order valence-electron chi connectivity index (χ3n) is 5.44. The maximum Gasteiger partial charge on any atom is 0.167 e. The van der Waals surface area contributed by atoms with Gasteiger partial charge in [0.25, 0.3) is 0 Å². The summed E-state index contributed by atoms with van der Waals surface area (Å²) >= 11 is 5.41. The fourth-order valence-corrected chi connectivity index (χ4v) is 4.16. The van der Waals surface area contributed by atoms with Crippen molar-refractivity contribution >= 4 is 11.6 Å². The third kappa shape index (κ3) is 3.98. The predicted molar refractivity (Wildman–Crippen MR) is 96.3 cm³/mol. The number of benzene rings is 2. The fraction of sp³-hybridized carbons (Fsp3) is 0.429. The molecule has 0 unspecified atom stereocenters. The molecule has 0 atom stereocenters. The zero-order valence-electron chi connectivity index (χ0n) is 14.9. The SMILES string of the molecule is CCCC1CCC(c2c(F)cc(-c3cc(F)c(Cl)c(F)c3)c(F)c2F)CC1. The van der Waals surface area contributed by atoms with Gasteiger partial charge in [0.05, 0.1) is 0 Å². The van der Waals surface area contributed by atoms with Crippen LogP contribution < -0.4 is 0 Å². The predicted octanol–water partition coefficient (Wildman–Crippen LogP) is 7.78. The first kappa shape index (κ1) is 20.1. The van der Waals surface area contributed by atoms with Crippen LogP contribution in [0.1, 0.15) is 56.9 Å². The van der Waals surface area contributed by atoms with Crippen LogP contribution >= 0.6 is 11.6 Å². The minimum absolute atomic E-state index is 0.263. The lowest BCUT2D eigenvalue weighted by atomic mass is 9.76. The molecule has 1 aliphatic carbocycles. The number of rotatable bonds is 4. The van der Waals surface area contributed by atoms with E-state index in [0.717, 1.165) is 43.9 Å². The van der Waals surface area contributed by atoms with Crippen LogP contribution in [0.25, 0.3) is 11.1 Å². The van der Waals surface area contributed by atoms with Gasteiger partial charge in [-0.3, -0.25) is 0 Å². The van der Waals surface area contributed by atoms with Crippen molar-refractivity contribution in [3.63, 3.8) is 0 Å². The van der Waals surface area contributed by atoms with Gasteiger partial charge in [0, 0.05) is 11.1 Å². The average Bonchev–Trinajstić information content (AvgIpc) is 2.64. The van der Waals surface area contributed by atoms with Crippen molar-refractivity contribution in [1.29, 1.82) is 0 Å². The van der Waals surface area contributed by atoms with Crippen molar-refractivity contribution in [2.45, 2.75) is 51.4 Å². The molecule has 0 aliphatic heterocycles. The summed E-state index contributed by atoms with van der Waals surface area (Å²) in [4.78, 5) is 0. The highest BCUT2D eigenvalue weighted by Gasteiger charge is 2.29. The molecule has 3 rings (SSSR count). The lowest BCUT2D eigenvalue weighted by molar-refractivity contribution is 0.298. The summed E-state index contributed by atoms with van der Waals surface area (Å²) in [6.45, 7) is 2.10. The van der Waals surface area contributed by atoms with Crippen LogP contribution in [0.3, 0.4) is 0 Å². The molecule has 0 nitrogen and oxygen atoms in total. The molecule has 6 heteroatoms. The minimum atomic E-state index is -1.30. The summed E-state index contributed by atoms with van der Waals surface area (Å²) in [5.74, 6) is -5.56. The van der Waals surface area contributed by atoms with Crippen LogP contribution in [0.2, 0.25) is 5.02 Å². The van der Waals surface area contributed by atoms with E-state index in [9.17, 15) is 22.0 Å². The molecular weight excluding hydrogens is 383 g/mol. The van der Waals surface area contributed by atoms with Gasteiger partial charge in [-0.15, -0.1) is 0 Å². The molecule has 146 valence electrons. The van der Waals surface area contributed by atoms with Crippen molar-refractivity contribution in [1.82, 2.24) is 0 Å². The Kier molecular flexibility index (Phi) is 6.09. The molecular formula is C21H20ClF5. The first-order valence-electron chi connectivity index (χ1n) is 9.15. The summed E-state index contributed by atoms with van der Waals surface area (Å²) in [5.41, 5.74) is -1.09. The van der Waals surface area contributed by atoms with Crippen molar-refractivity contribution in [3.05, 3.63) is 57.9 Å². The Labute approximate surface area is 160 Å². The Morgan fingerprint density at radius 3 is 2.00 bits per heavy atom. The molecule has 0 spiro atoms. The van der Waals surface area contributed by atoms with Gasteiger partial charge >= 0.3 is 0 Å². The van der Waals surface area contributed by atoms with Crippen LogP contribution in [-0.4, -0.2) is 0 Å². The van der Waals surface area contributed by atoms with Crippen LogP contribution in [0.15, 0.2) is 18.2 Å². The second-order valence-electron chi connectivity index (χ2n) is 7.21. The quantitative estimate of drug-likeness (QED) is 0.278. The molecule has 0 aromatic heterocycles. The van der Waals surface area contributed by atoms with E-state index in [1.165, 1.54) is 0 Å². The topological polar surface area (TPSA) is 0 Å².